The first kappa shape index (κ1) is 9.04. The number of aliphatic hydroxyl groups is 2. The largest absolute Gasteiger partial charge is 0.391 e. The second kappa shape index (κ2) is 3.57. The average molecular weight is 169 g/mol. The molecular formula is C8H11NO3. The number of rotatable bonds is 0. The summed E-state index contributed by atoms with van der Waals surface area (Å²) in [6.45, 7) is 0.445. The van der Waals surface area contributed by atoms with Crippen LogP contribution in [0.1, 0.15) is 6.42 Å². The first-order valence-corrected chi connectivity index (χ1v) is 3.75. The summed E-state index contributed by atoms with van der Waals surface area (Å²) >= 11 is 0. The number of piperidine rings is 1. The van der Waals surface area contributed by atoms with Gasteiger partial charge in [-0.3, -0.25) is 4.79 Å². The van der Waals surface area contributed by atoms with E-state index >= 15 is 0 Å². The van der Waals surface area contributed by atoms with E-state index in [0.29, 0.717) is 6.42 Å². The molecule has 0 spiro atoms. The average Bonchev–Trinajstić information content (AvgIpc) is 2.01. The molecule has 2 atom stereocenters. The molecule has 0 aliphatic carbocycles. The van der Waals surface area contributed by atoms with Gasteiger partial charge in [0.05, 0.1) is 12.2 Å². The molecule has 12 heavy (non-hydrogen) atoms. The van der Waals surface area contributed by atoms with Crippen molar-refractivity contribution in [3.63, 3.8) is 0 Å². The molecular weight excluding hydrogens is 158 g/mol. The van der Waals surface area contributed by atoms with E-state index in [2.05, 4.69) is 0 Å². The van der Waals surface area contributed by atoms with E-state index in [-0.39, 0.29) is 13.1 Å². The number of hydrogen-bond acceptors (Lipinski definition) is 3. The van der Waals surface area contributed by atoms with E-state index in [1.54, 1.807) is 0 Å². The number of hydrogen-bond donors (Lipinski definition) is 2. The standard InChI is InChI=1S/C8H11NO3/c1-2-8(12)9-4-6(10)3-7(11)5-9/h1,6-7,10-11H,3-5H2/t6-,7+. The monoisotopic (exact) mass is 169 g/mol. The number of carbonyl (C=O) groups is 1. The van der Waals surface area contributed by atoms with Gasteiger partial charge in [-0.15, -0.1) is 6.42 Å². The Hall–Kier alpha value is -1.05. The fraction of sp³-hybridized carbons (Fsp3) is 0.625. The van der Waals surface area contributed by atoms with Crippen molar-refractivity contribution in [3.05, 3.63) is 0 Å². The summed E-state index contributed by atoms with van der Waals surface area (Å²) in [6, 6.07) is 0. The molecule has 4 heteroatoms. The van der Waals surface area contributed by atoms with Crippen LogP contribution in [0.5, 0.6) is 0 Å². The molecule has 1 heterocycles. The number of terminal acetylenes is 1. The van der Waals surface area contributed by atoms with E-state index in [4.69, 9.17) is 6.42 Å². The van der Waals surface area contributed by atoms with Crippen molar-refractivity contribution in [2.75, 3.05) is 13.1 Å². The minimum atomic E-state index is -0.661. The van der Waals surface area contributed by atoms with Crippen LogP contribution in [0.15, 0.2) is 0 Å². The number of aliphatic hydroxyl groups excluding tert-OH is 2. The summed E-state index contributed by atoms with van der Waals surface area (Å²) in [4.78, 5) is 12.2. The Morgan fingerprint density at radius 2 is 1.92 bits per heavy atom. The lowest BCUT2D eigenvalue weighted by Crippen LogP contribution is -2.47. The lowest BCUT2D eigenvalue weighted by atomic mass is 10.1. The van der Waals surface area contributed by atoms with Gasteiger partial charge in [-0.2, -0.15) is 0 Å². The highest BCUT2D eigenvalue weighted by Crippen LogP contribution is 2.10. The SMILES string of the molecule is C#CC(=O)N1C[C@H](O)C[C@H](O)C1. The molecule has 1 amide bonds. The van der Waals surface area contributed by atoms with Crippen molar-refractivity contribution < 1.29 is 15.0 Å². The van der Waals surface area contributed by atoms with Crippen molar-refractivity contribution in [2.45, 2.75) is 18.6 Å². The zero-order valence-corrected chi connectivity index (χ0v) is 6.60. The third-order valence-corrected chi connectivity index (χ3v) is 1.82. The van der Waals surface area contributed by atoms with Gasteiger partial charge in [0, 0.05) is 19.5 Å². The molecule has 1 aliphatic heterocycles. The number of nitrogens with zero attached hydrogens (tertiary/aromatic N) is 1. The molecule has 1 fully saturated rings. The Morgan fingerprint density at radius 3 is 2.33 bits per heavy atom. The van der Waals surface area contributed by atoms with Gasteiger partial charge < -0.3 is 15.1 Å². The smallest absolute Gasteiger partial charge is 0.298 e. The Labute approximate surface area is 70.8 Å². The minimum absolute atomic E-state index is 0.222. The van der Waals surface area contributed by atoms with Crippen LogP contribution >= 0.6 is 0 Å². The van der Waals surface area contributed by atoms with Gasteiger partial charge >= 0.3 is 0 Å². The first-order valence-electron chi connectivity index (χ1n) is 3.75. The van der Waals surface area contributed by atoms with Crippen LogP contribution in [0.2, 0.25) is 0 Å². The second-order valence-corrected chi connectivity index (χ2v) is 2.90. The third kappa shape index (κ3) is 1.97. The maximum atomic E-state index is 10.9. The minimum Gasteiger partial charge on any atom is -0.391 e. The molecule has 1 rings (SSSR count). The zero-order valence-electron chi connectivity index (χ0n) is 6.60. The maximum Gasteiger partial charge on any atom is 0.298 e. The highest BCUT2D eigenvalue weighted by Gasteiger charge is 2.26. The fourth-order valence-electron chi connectivity index (χ4n) is 1.30. The van der Waals surface area contributed by atoms with E-state index < -0.39 is 18.1 Å². The van der Waals surface area contributed by atoms with Crippen LogP contribution in [0.25, 0.3) is 0 Å². The molecule has 0 unspecified atom stereocenters. The molecule has 1 aliphatic rings. The van der Waals surface area contributed by atoms with Gasteiger partial charge in [0.2, 0.25) is 0 Å². The Kier molecular flexibility index (Phi) is 2.69. The van der Waals surface area contributed by atoms with Gasteiger partial charge in [-0.25, -0.2) is 0 Å². The molecule has 0 aromatic heterocycles. The third-order valence-electron chi connectivity index (χ3n) is 1.82. The van der Waals surface area contributed by atoms with E-state index in [9.17, 15) is 15.0 Å². The Morgan fingerprint density at radius 1 is 1.42 bits per heavy atom. The summed E-state index contributed by atoms with van der Waals surface area (Å²) < 4.78 is 0. The van der Waals surface area contributed by atoms with E-state index in [1.807, 2.05) is 5.92 Å². The Balaban J connectivity index is 2.56. The summed E-state index contributed by atoms with van der Waals surface area (Å²) in [5, 5.41) is 18.3. The quantitative estimate of drug-likeness (QED) is 0.437. The zero-order chi connectivity index (χ0) is 9.14. The molecule has 0 aromatic rings. The number of likely N-dealkylation sites (tertiary alicyclic amines) is 1. The topological polar surface area (TPSA) is 60.8 Å². The predicted molar refractivity (Wildman–Crippen MR) is 42.0 cm³/mol. The lowest BCUT2D eigenvalue weighted by molar-refractivity contribution is -0.131. The summed E-state index contributed by atoms with van der Waals surface area (Å²) in [7, 11) is 0. The molecule has 0 aromatic carbocycles. The van der Waals surface area contributed by atoms with E-state index in [0.717, 1.165) is 0 Å². The highest BCUT2D eigenvalue weighted by molar-refractivity contribution is 5.93. The predicted octanol–water partition coefficient (Wildman–Crippen LogP) is -1.43. The van der Waals surface area contributed by atoms with Gasteiger partial charge in [-0.05, 0) is 5.92 Å². The highest BCUT2D eigenvalue weighted by atomic mass is 16.3. The van der Waals surface area contributed by atoms with Gasteiger partial charge in [0.1, 0.15) is 0 Å². The van der Waals surface area contributed by atoms with Crippen LogP contribution < -0.4 is 0 Å². The molecule has 2 N–H and O–H groups in total. The van der Waals surface area contributed by atoms with Gasteiger partial charge in [-0.1, -0.05) is 0 Å². The van der Waals surface area contributed by atoms with E-state index in [1.165, 1.54) is 4.90 Å². The van der Waals surface area contributed by atoms with Crippen molar-refractivity contribution >= 4 is 5.91 Å². The fourth-order valence-corrected chi connectivity index (χ4v) is 1.30. The lowest BCUT2D eigenvalue weighted by Gasteiger charge is -2.31. The molecule has 66 valence electrons. The van der Waals surface area contributed by atoms with Crippen molar-refractivity contribution in [1.82, 2.24) is 4.90 Å². The normalized spacial score (nSPS) is 29.6. The number of amides is 1. The van der Waals surface area contributed by atoms with Crippen LogP contribution in [0.4, 0.5) is 0 Å². The number of β-amino-alcohol motifs (C(OH)–C–C–N with tert-alkyl or cyclic N) is 2. The van der Waals surface area contributed by atoms with Crippen molar-refractivity contribution in [2.24, 2.45) is 0 Å². The van der Waals surface area contributed by atoms with Crippen LogP contribution in [0, 0.1) is 12.3 Å². The van der Waals surface area contributed by atoms with Gasteiger partial charge in [0.25, 0.3) is 5.91 Å². The number of carbonyl (C=O) groups excluding carboxylic acids is 1. The Bertz CT molecular complexity index is 211. The summed E-state index contributed by atoms with van der Waals surface area (Å²) in [6.07, 6.45) is 3.88. The van der Waals surface area contributed by atoms with Gasteiger partial charge in [0.15, 0.2) is 0 Å². The first-order chi connectivity index (χ1) is 5.63. The maximum absolute atomic E-state index is 10.9. The summed E-state index contributed by atoms with van der Waals surface area (Å²) in [5.74, 6) is 1.46. The molecule has 0 saturated carbocycles. The molecule has 1 saturated heterocycles. The van der Waals surface area contributed by atoms with Crippen LogP contribution in [-0.4, -0.2) is 46.3 Å². The van der Waals surface area contributed by atoms with Crippen molar-refractivity contribution in [3.8, 4) is 12.3 Å². The summed E-state index contributed by atoms with van der Waals surface area (Å²) in [5.41, 5.74) is 0. The van der Waals surface area contributed by atoms with Crippen molar-refractivity contribution in [1.29, 1.82) is 0 Å². The van der Waals surface area contributed by atoms with Crippen LogP contribution in [-0.2, 0) is 4.79 Å². The second-order valence-electron chi connectivity index (χ2n) is 2.90. The molecule has 0 bridgehead atoms. The molecule has 4 nitrogen and oxygen atoms in total. The van der Waals surface area contributed by atoms with Crippen LogP contribution in [0.3, 0.4) is 0 Å². The molecule has 0 radical (unpaired) electrons.